The first-order valence-electron chi connectivity index (χ1n) is 8.73. The van der Waals surface area contributed by atoms with Crippen LogP contribution in [0.4, 0.5) is 0 Å². The summed E-state index contributed by atoms with van der Waals surface area (Å²) in [5.74, 6) is -0.0122. The minimum Gasteiger partial charge on any atom is -0.423 e. The lowest BCUT2D eigenvalue weighted by Crippen LogP contribution is -2.08. The first-order valence-corrected chi connectivity index (χ1v) is 9.11. The van der Waals surface area contributed by atoms with Crippen LogP contribution in [0.2, 0.25) is 5.02 Å². The number of nitrogens with zero attached hydrogens (tertiary/aromatic N) is 1. The van der Waals surface area contributed by atoms with Crippen LogP contribution in [0.25, 0.3) is 0 Å². The van der Waals surface area contributed by atoms with E-state index in [1.165, 1.54) is 5.56 Å². The van der Waals surface area contributed by atoms with Gasteiger partial charge in [0.25, 0.3) is 0 Å². The fourth-order valence-electron chi connectivity index (χ4n) is 2.58. The van der Waals surface area contributed by atoms with Crippen molar-refractivity contribution in [1.82, 2.24) is 0 Å². The zero-order valence-electron chi connectivity index (χ0n) is 15.1. The second-order valence-electron chi connectivity index (χ2n) is 6.25. The van der Waals surface area contributed by atoms with Gasteiger partial charge in [0.2, 0.25) is 0 Å². The van der Waals surface area contributed by atoms with Crippen LogP contribution in [-0.2, 0) is 6.42 Å². The van der Waals surface area contributed by atoms with Crippen LogP contribution in [0.5, 0.6) is 5.75 Å². The number of benzene rings is 3. The molecule has 0 unspecified atom stereocenters. The van der Waals surface area contributed by atoms with Gasteiger partial charge in [-0.15, -0.1) is 0 Å². The minimum atomic E-state index is -0.413. The van der Waals surface area contributed by atoms with Crippen molar-refractivity contribution < 1.29 is 9.53 Å². The molecule has 0 heterocycles. The third-order valence-corrected chi connectivity index (χ3v) is 4.22. The molecule has 0 fully saturated rings. The van der Waals surface area contributed by atoms with Crippen molar-refractivity contribution >= 4 is 23.8 Å². The summed E-state index contributed by atoms with van der Waals surface area (Å²) in [6.45, 7) is 2.64. The molecule has 3 aromatic rings. The van der Waals surface area contributed by atoms with Crippen LogP contribution in [0.1, 0.15) is 27.0 Å². The van der Waals surface area contributed by atoms with Crippen LogP contribution < -0.4 is 4.74 Å². The molecule has 0 bridgehead atoms. The zero-order valence-corrected chi connectivity index (χ0v) is 15.8. The van der Waals surface area contributed by atoms with E-state index in [1.807, 2.05) is 37.3 Å². The van der Waals surface area contributed by atoms with E-state index in [-0.39, 0.29) is 0 Å². The maximum Gasteiger partial charge on any atom is 0.343 e. The molecule has 0 saturated carbocycles. The maximum absolute atomic E-state index is 12.3. The molecule has 0 atom stereocenters. The Bertz CT molecular complexity index is 934. The number of rotatable bonds is 6. The van der Waals surface area contributed by atoms with Gasteiger partial charge in [-0.05, 0) is 54.8 Å². The van der Waals surface area contributed by atoms with Gasteiger partial charge in [-0.1, -0.05) is 59.6 Å². The number of hydrogen-bond donors (Lipinski definition) is 0. The fraction of sp³-hybridized carbons (Fsp3) is 0.130. The van der Waals surface area contributed by atoms with Crippen molar-refractivity contribution in [3.63, 3.8) is 0 Å². The number of hydrogen-bond acceptors (Lipinski definition) is 3. The maximum atomic E-state index is 12.3. The molecule has 0 amide bonds. The van der Waals surface area contributed by atoms with E-state index in [2.05, 4.69) is 17.1 Å². The summed E-state index contributed by atoms with van der Waals surface area (Å²) in [4.78, 5) is 16.7. The molecule has 0 N–H and O–H groups in total. The van der Waals surface area contributed by atoms with Gasteiger partial charge in [0.05, 0.1) is 5.56 Å². The molecule has 27 heavy (non-hydrogen) atoms. The smallest absolute Gasteiger partial charge is 0.343 e. The van der Waals surface area contributed by atoms with Gasteiger partial charge in [0, 0.05) is 17.8 Å². The van der Waals surface area contributed by atoms with Gasteiger partial charge in [-0.2, -0.15) is 0 Å². The topological polar surface area (TPSA) is 38.7 Å². The highest BCUT2D eigenvalue weighted by molar-refractivity contribution is 6.31. The summed E-state index contributed by atoms with van der Waals surface area (Å²) in [6, 6.07) is 22.6. The molecule has 3 nitrogen and oxygen atoms in total. The molecule has 0 aliphatic heterocycles. The van der Waals surface area contributed by atoms with Crippen molar-refractivity contribution in [2.24, 2.45) is 4.99 Å². The number of ether oxygens (including phenoxy) is 1. The predicted molar refractivity (Wildman–Crippen MR) is 110 cm³/mol. The molecule has 0 aliphatic carbocycles. The highest BCUT2D eigenvalue weighted by Crippen LogP contribution is 2.21. The summed E-state index contributed by atoms with van der Waals surface area (Å²) in [6.07, 6.45) is 2.62. The summed E-state index contributed by atoms with van der Waals surface area (Å²) in [5.41, 5.74) is 3.62. The number of carbonyl (C=O) groups is 1. The highest BCUT2D eigenvalue weighted by atomic mass is 35.5. The zero-order chi connectivity index (χ0) is 19.1. The Hall–Kier alpha value is -2.91. The average molecular weight is 378 g/mol. The third kappa shape index (κ3) is 5.80. The Labute approximate surface area is 164 Å². The van der Waals surface area contributed by atoms with E-state index < -0.39 is 5.97 Å². The van der Waals surface area contributed by atoms with Gasteiger partial charge in [-0.3, -0.25) is 4.99 Å². The molecular formula is C23H20ClNO2. The monoisotopic (exact) mass is 377 g/mol. The lowest BCUT2D eigenvalue weighted by molar-refractivity contribution is 0.0735. The van der Waals surface area contributed by atoms with Gasteiger partial charge in [0.1, 0.15) is 5.75 Å². The van der Waals surface area contributed by atoms with Crippen molar-refractivity contribution in [3.8, 4) is 5.75 Å². The minimum absolute atomic E-state index is 0.401. The Morgan fingerprint density at radius 2 is 1.78 bits per heavy atom. The average Bonchev–Trinajstić information content (AvgIpc) is 2.66. The van der Waals surface area contributed by atoms with E-state index in [0.29, 0.717) is 22.9 Å². The fourth-order valence-corrected chi connectivity index (χ4v) is 2.82. The van der Waals surface area contributed by atoms with E-state index >= 15 is 0 Å². The van der Waals surface area contributed by atoms with Crippen molar-refractivity contribution in [2.45, 2.75) is 13.3 Å². The Kier molecular flexibility index (Phi) is 6.39. The van der Waals surface area contributed by atoms with Crippen LogP contribution in [0, 0.1) is 6.92 Å². The molecule has 136 valence electrons. The molecule has 4 heteroatoms. The quantitative estimate of drug-likeness (QED) is 0.322. The number of esters is 1. The van der Waals surface area contributed by atoms with Gasteiger partial charge in [-0.25, -0.2) is 4.79 Å². The SMILES string of the molecule is Cc1ccc(C(=O)Oc2cc(Cl)cc(C=NCCc3ccccc3)c2)cc1. The van der Waals surface area contributed by atoms with E-state index in [4.69, 9.17) is 16.3 Å². The highest BCUT2D eigenvalue weighted by Gasteiger charge is 2.09. The molecule has 3 aromatic carbocycles. The third-order valence-electron chi connectivity index (χ3n) is 4.00. The first kappa shape index (κ1) is 18.9. The Morgan fingerprint density at radius 1 is 1.04 bits per heavy atom. The molecule has 0 radical (unpaired) electrons. The summed E-state index contributed by atoms with van der Waals surface area (Å²) in [7, 11) is 0. The van der Waals surface area contributed by atoms with Crippen molar-refractivity contribution in [2.75, 3.05) is 6.54 Å². The number of aliphatic imine (C=N–C) groups is 1. The molecular weight excluding hydrogens is 358 g/mol. The first-order chi connectivity index (χ1) is 13.1. The van der Waals surface area contributed by atoms with Crippen molar-refractivity contribution in [3.05, 3.63) is 100 Å². The van der Waals surface area contributed by atoms with E-state index in [0.717, 1.165) is 17.5 Å². The molecule has 0 spiro atoms. The molecule has 0 saturated heterocycles. The van der Waals surface area contributed by atoms with Crippen LogP contribution >= 0.6 is 11.6 Å². The molecule has 0 aliphatic rings. The number of aryl methyl sites for hydroxylation is 1. The Balaban J connectivity index is 1.64. The van der Waals surface area contributed by atoms with Gasteiger partial charge >= 0.3 is 5.97 Å². The molecule has 3 rings (SSSR count). The summed E-state index contributed by atoms with van der Waals surface area (Å²) in [5, 5.41) is 0.494. The second kappa shape index (κ2) is 9.15. The van der Waals surface area contributed by atoms with Crippen LogP contribution in [-0.4, -0.2) is 18.7 Å². The number of carbonyl (C=O) groups excluding carboxylic acids is 1. The summed E-state index contributed by atoms with van der Waals surface area (Å²) >= 11 is 6.16. The lowest BCUT2D eigenvalue weighted by Gasteiger charge is -2.06. The lowest BCUT2D eigenvalue weighted by atomic mass is 10.1. The normalized spacial score (nSPS) is 10.9. The van der Waals surface area contributed by atoms with E-state index in [9.17, 15) is 4.79 Å². The molecule has 0 aromatic heterocycles. The standard InChI is InChI=1S/C23H20ClNO2/c1-17-7-9-20(10-8-17)23(26)27-22-14-19(13-21(24)15-22)16-25-12-11-18-5-3-2-4-6-18/h2-10,13-16H,11-12H2,1H3. The largest absolute Gasteiger partial charge is 0.423 e. The number of halogens is 1. The van der Waals surface area contributed by atoms with Crippen molar-refractivity contribution in [1.29, 1.82) is 0 Å². The second-order valence-corrected chi connectivity index (χ2v) is 6.68. The van der Waals surface area contributed by atoms with E-state index in [1.54, 1.807) is 36.5 Å². The Morgan fingerprint density at radius 3 is 2.52 bits per heavy atom. The summed E-state index contributed by atoms with van der Waals surface area (Å²) < 4.78 is 5.45. The van der Waals surface area contributed by atoms with Crippen LogP contribution in [0.15, 0.2) is 77.8 Å². The van der Waals surface area contributed by atoms with Crippen LogP contribution in [0.3, 0.4) is 0 Å². The van der Waals surface area contributed by atoms with Gasteiger partial charge < -0.3 is 4.74 Å². The predicted octanol–water partition coefficient (Wildman–Crippen LogP) is 5.53. The van der Waals surface area contributed by atoms with Gasteiger partial charge in [0.15, 0.2) is 0 Å².